The summed E-state index contributed by atoms with van der Waals surface area (Å²) in [5, 5.41) is 4.26. The summed E-state index contributed by atoms with van der Waals surface area (Å²) in [7, 11) is 1.74. The van der Waals surface area contributed by atoms with Crippen molar-refractivity contribution in [3.05, 3.63) is 33.3 Å². The minimum absolute atomic E-state index is 0.399. The molecule has 0 heterocycles. The van der Waals surface area contributed by atoms with E-state index >= 15 is 0 Å². The highest BCUT2D eigenvalue weighted by molar-refractivity contribution is 9.10. The number of hydrogen-bond donors (Lipinski definition) is 1. The molecule has 0 saturated carbocycles. The Kier molecular flexibility index (Phi) is 7.12. The van der Waals surface area contributed by atoms with Crippen LogP contribution in [0.4, 0.5) is 0 Å². The lowest BCUT2D eigenvalue weighted by molar-refractivity contribution is 0.161. The molecule has 1 rings (SSSR count). The molecule has 0 aliphatic heterocycles. The molecule has 0 aliphatic carbocycles. The number of nitrogens with one attached hydrogen (secondary N) is 1. The van der Waals surface area contributed by atoms with Gasteiger partial charge in [-0.3, -0.25) is 0 Å². The molecule has 1 atom stereocenters. The fourth-order valence-corrected chi connectivity index (χ4v) is 2.31. The lowest BCUT2D eigenvalue weighted by atomic mass is 10.1. The molecule has 1 aromatic rings. The smallest absolute Gasteiger partial charge is 0.0615 e. The Morgan fingerprint density at radius 2 is 2.24 bits per heavy atom. The summed E-state index contributed by atoms with van der Waals surface area (Å²) in [5.41, 5.74) is 1.18. The first-order valence-electron chi connectivity index (χ1n) is 5.83. The summed E-state index contributed by atoms with van der Waals surface area (Å²) in [6.45, 7) is 3.72. The van der Waals surface area contributed by atoms with Crippen LogP contribution in [0.1, 0.15) is 25.3 Å². The largest absolute Gasteiger partial charge is 0.383 e. The number of benzene rings is 1. The van der Waals surface area contributed by atoms with Gasteiger partial charge < -0.3 is 10.1 Å². The van der Waals surface area contributed by atoms with Gasteiger partial charge in [-0.2, -0.15) is 0 Å². The van der Waals surface area contributed by atoms with E-state index in [4.69, 9.17) is 16.3 Å². The van der Waals surface area contributed by atoms with Crippen LogP contribution in [0, 0.1) is 0 Å². The van der Waals surface area contributed by atoms with Gasteiger partial charge in [-0.25, -0.2) is 0 Å². The zero-order chi connectivity index (χ0) is 12.7. The molecule has 0 fully saturated rings. The monoisotopic (exact) mass is 319 g/mol. The summed E-state index contributed by atoms with van der Waals surface area (Å²) in [5.74, 6) is 0. The number of ether oxygens (including phenoxy) is 1. The maximum atomic E-state index is 5.98. The molecular formula is C13H19BrClNO. The Labute approximate surface area is 117 Å². The van der Waals surface area contributed by atoms with Crippen LogP contribution in [0.3, 0.4) is 0 Å². The highest BCUT2D eigenvalue weighted by Gasteiger charge is 2.08. The zero-order valence-electron chi connectivity index (χ0n) is 10.3. The zero-order valence-corrected chi connectivity index (χ0v) is 12.6. The van der Waals surface area contributed by atoms with Crippen molar-refractivity contribution < 1.29 is 4.74 Å². The van der Waals surface area contributed by atoms with Gasteiger partial charge in [0.25, 0.3) is 0 Å². The predicted octanol–water partition coefficient (Wildman–Crippen LogP) is 4.01. The van der Waals surface area contributed by atoms with Crippen molar-refractivity contribution in [1.29, 1.82) is 0 Å². The quantitative estimate of drug-likeness (QED) is 0.819. The van der Waals surface area contributed by atoms with Crippen LogP contribution >= 0.6 is 27.5 Å². The summed E-state index contributed by atoms with van der Waals surface area (Å²) in [6, 6.07) is 6.24. The van der Waals surface area contributed by atoms with E-state index in [2.05, 4.69) is 28.2 Å². The van der Waals surface area contributed by atoms with Gasteiger partial charge in [-0.15, -0.1) is 0 Å². The van der Waals surface area contributed by atoms with E-state index in [0.717, 1.165) is 35.5 Å². The highest BCUT2D eigenvalue weighted by atomic mass is 79.9. The van der Waals surface area contributed by atoms with Gasteiger partial charge in [0.05, 0.1) is 6.61 Å². The summed E-state index contributed by atoms with van der Waals surface area (Å²) in [6.07, 6.45) is 2.27. The van der Waals surface area contributed by atoms with Crippen LogP contribution < -0.4 is 5.32 Å². The third-order valence-corrected chi connectivity index (χ3v) is 3.60. The van der Waals surface area contributed by atoms with E-state index in [-0.39, 0.29) is 0 Å². The molecule has 0 amide bonds. The van der Waals surface area contributed by atoms with Gasteiger partial charge in [-0.1, -0.05) is 40.9 Å². The minimum Gasteiger partial charge on any atom is -0.383 e. The highest BCUT2D eigenvalue weighted by Crippen LogP contribution is 2.21. The maximum absolute atomic E-state index is 5.98. The van der Waals surface area contributed by atoms with Crippen LogP contribution in [0.15, 0.2) is 22.7 Å². The van der Waals surface area contributed by atoms with Gasteiger partial charge >= 0.3 is 0 Å². The van der Waals surface area contributed by atoms with Crippen molar-refractivity contribution in [2.75, 3.05) is 13.7 Å². The minimum atomic E-state index is 0.399. The number of hydrogen-bond acceptors (Lipinski definition) is 2. The Morgan fingerprint density at radius 3 is 2.88 bits per heavy atom. The Hall–Kier alpha value is -0.0900. The van der Waals surface area contributed by atoms with Gasteiger partial charge in [0, 0.05) is 29.2 Å². The number of halogens is 2. The van der Waals surface area contributed by atoms with E-state index in [1.54, 1.807) is 7.11 Å². The number of rotatable bonds is 7. The second kappa shape index (κ2) is 8.09. The van der Waals surface area contributed by atoms with Crippen molar-refractivity contribution in [2.24, 2.45) is 0 Å². The summed E-state index contributed by atoms with van der Waals surface area (Å²) < 4.78 is 6.28. The van der Waals surface area contributed by atoms with Crippen LogP contribution in [0.5, 0.6) is 0 Å². The van der Waals surface area contributed by atoms with Crippen molar-refractivity contribution >= 4 is 27.5 Å². The summed E-state index contributed by atoms with van der Waals surface area (Å²) in [4.78, 5) is 0. The van der Waals surface area contributed by atoms with Gasteiger partial charge in [0.15, 0.2) is 0 Å². The molecule has 1 unspecified atom stereocenters. The Bertz CT molecular complexity index is 340. The van der Waals surface area contributed by atoms with Crippen LogP contribution in [0.2, 0.25) is 5.02 Å². The molecule has 0 aromatic heterocycles. The van der Waals surface area contributed by atoms with E-state index in [9.17, 15) is 0 Å². The predicted molar refractivity (Wildman–Crippen MR) is 76.6 cm³/mol. The van der Waals surface area contributed by atoms with Gasteiger partial charge in [0.2, 0.25) is 0 Å². The van der Waals surface area contributed by atoms with Crippen molar-refractivity contribution in [1.82, 2.24) is 5.32 Å². The van der Waals surface area contributed by atoms with Crippen LogP contribution in [-0.2, 0) is 11.3 Å². The molecule has 2 nitrogen and oxygen atoms in total. The van der Waals surface area contributed by atoms with Crippen molar-refractivity contribution in [2.45, 2.75) is 32.4 Å². The first-order chi connectivity index (χ1) is 8.17. The van der Waals surface area contributed by atoms with E-state index in [1.807, 2.05) is 18.2 Å². The fraction of sp³-hybridized carbons (Fsp3) is 0.538. The van der Waals surface area contributed by atoms with Crippen molar-refractivity contribution in [3.8, 4) is 0 Å². The molecule has 0 spiro atoms. The van der Waals surface area contributed by atoms with Crippen LogP contribution in [0.25, 0.3) is 0 Å². The number of methoxy groups -OCH3 is 1. The van der Waals surface area contributed by atoms with E-state index < -0.39 is 0 Å². The first kappa shape index (κ1) is 15.0. The molecular weight excluding hydrogens is 302 g/mol. The van der Waals surface area contributed by atoms with Gasteiger partial charge in [-0.05, 0) is 30.2 Å². The third kappa shape index (κ3) is 5.38. The van der Waals surface area contributed by atoms with E-state index in [1.165, 1.54) is 5.56 Å². The second-order valence-corrected chi connectivity index (χ2v) is 5.35. The Morgan fingerprint density at radius 1 is 1.47 bits per heavy atom. The standard InChI is InChI=1S/C13H19BrClNO/c1-3-4-12(9-17-2)16-8-10-7-11(15)5-6-13(10)14/h5-7,12,16H,3-4,8-9H2,1-2H3. The average molecular weight is 321 g/mol. The molecule has 0 saturated heterocycles. The van der Waals surface area contributed by atoms with E-state index in [0.29, 0.717) is 6.04 Å². The molecule has 0 bridgehead atoms. The molecule has 0 radical (unpaired) electrons. The Balaban J connectivity index is 2.55. The van der Waals surface area contributed by atoms with Crippen LogP contribution in [-0.4, -0.2) is 19.8 Å². The molecule has 0 aliphatic rings. The fourth-order valence-electron chi connectivity index (χ4n) is 1.73. The summed E-state index contributed by atoms with van der Waals surface area (Å²) >= 11 is 9.51. The SMILES string of the molecule is CCCC(COC)NCc1cc(Cl)ccc1Br. The molecule has 1 aromatic carbocycles. The molecule has 96 valence electrons. The van der Waals surface area contributed by atoms with Crippen molar-refractivity contribution in [3.63, 3.8) is 0 Å². The maximum Gasteiger partial charge on any atom is 0.0615 e. The second-order valence-electron chi connectivity index (χ2n) is 4.06. The first-order valence-corrected chi connectivity index (χ1v) is 7.00. The topological polar surface area (TPSA) is 21.3 Å². The average Bonchev–Trinajstić information content (AvgIpc) is 2.30. The lowest BCUT2D eigenvalue weighted by Crippen LogP contribution is -2.32. The molecule has 4 heteroatoms. The molecule has 1 N–H and O–H groups in total. The normalized spacial score (nSPS) is 12.7. The lowest BCUT2D eigenvalue weighted by Gasteiger charge is -2.17. The third-order valence-electron chi connectivity index (χ3n) is 2.59. The van der Waals surface area contributed by atoms with Gasteiger partial charge in [0.1, 0.15) is 0 Å². The molecule has 17 heavy (non-hydrogen) atoms.